The highest BCUT2D eigenvalue weighted by Crippen LogP contribution is 2.30. The molecule has 0 fully saturated rings. The van der Waals surface area contributed by atoms with Crippen LogP contribution in [0.2, 0.25) is 0 Å². The Labute approximate surface area is 172 Å². The number of nitrogens with zero attached hydrogens (tertiary/aromatic N) is 5. The zero-order chi connectivity index (χ0) is 20.5. The van der Waals surface area contributed by atoms with E-state index in [-0.39, 0.29) is 11.9 Å². The number of carbonyl (C=O) groups is 1. The summed E-state index contributed by atoms with van der Waals surface area (Å²) < 4.78 is 8.15. The largest absolute Gasteiger partial charge is 0.383 e. The Balaban J connectivity index is 1.76. The molecule has 0 saturated carbocycles. The van der Waals surface area contributed by atoms with E-state index in [2.05, 4.69) is 28.9 Å². The number of thiazole rings is 1. The third-order valence-corrected chi connectivity index (χ3v) is 5.82. The number of carbonyl (C=O) groups excluding carboxylic acids is 1. The lowest BCUT2D eigenvalue weighted by Crippen LogP contribution is -2.34. The molecule has 8 heteroatoms. The molecule has 0 aliphatic heterocycles. The van der Waals surface area contributed by atoms with Crippen LogP contribution in [0.25, 0.3) is 21.3 Å². The second-order valence-electron chi connectivity index (χ2n) is 7.13. The highest BCUT2D eigenvalue weighted by atomic mass is 32.1. The van der Waals surface area contributed by atoms with Crippen molar-refractivity contribution >= 4 is 43.6 Å². The van der Waals surface area contributed by atoms with E-state index in [0.717, 1.165) is 21.3 Å². The summed E-state index contributed by atoms with van der Waals surface area (Å²) in [4.78, 5) is 24.5. The Morgan fingerprint density at radius 3 is 2.79 bits per heavy atom. The number of rotatable bonds is 6. The second kappa shape index (κ2) is 7.88. The van der Waals surface area contributed by atoms with E-state index in [9.17, 15) is 4.79 Å². The van der Waals surface area contributed by atoms with Crippen LogP contribution in [0.5, 0.6) is 0 Å². The molecular weight excluding hydrogens is 386 g/mol. The van der Waals surface area contributed by atoms with Crippen molar-refractivity contribution < 1.29 is 9.53 Å². The molecule has 4 rings (SSSR count). The van der Waals surface area contributed by atoms with E-state index >= 15 is 0 Å². The number of para-hydroxylation sites is 1. The van der Waals surface area contributed by atoms with Crippen molar-refractivity contribution in [2.45, 2.75) is 26.8 Å². The first kappa shape index (κ1) is 19.5. The van der Waals surface area contributed by atoms with Crippen LogP contribution in [-0.2, 0) is 4.74 Å². The van der Waals surface area contributed by atoms with Gasteiger partial charge in [0.15, 0.2) is 10.8 Å². The van der Waals surface area contributed by atoms with Crippen LogP contribution in [-0.4, -0.2) is 45.9 Å². The monoisotopic (exact) mass is 409 g/mol. The molecule has 0 aliphatic rings. The average molecular weight is 410 g/mol. The predicted octanol–water partition coefficient (Wildman–Crippen LogP) is 4.22. The molecule has 0 aliphatic carbocycles. The summed E-state index contributed by atoms with van der Waals surface area (Å²) >= 11 is 1.50. The predicted molar refractivity (Wildman–Crippen MR) is 116 cm³/mol. The van der Waals surface area contributed by atoms with Gasteiger partial charge in [-0.1, -0.05) is 23.5 Å². The third-order valence-electron chi connectivity index (χ3n) is 4.76. The van der Waals surface area contributed by atoms with Crippen LogP contribution in [0.4, 0.5) is 5.13 Å². The lowest BCUT2D eigenvalue weighted by molar-refractivity contribution is 0.0975. The molecule has 0 N–H and O–H groups in total. The van der Waals surface area contributed by atoms with Crippen LogP contribution in [0.1, 0.15) is 35.9 Å². The molecule has 0 atom stereocenters. The summed E-state index contributed by atoms with van der Waals surface area (Å²) in [7, 11) is 1.63. The number of pyridine rings is 1. The number of aromatic nitrogens is 4. The molecule has 1 amide bonds. The summed E-state index contributed by atoms with van der Waals surface area (Å²) in [5.74, 6) is -0.134. The Kier molecular flexibility index (Phi) is 5.29. The van der Waals surface area contributed by atoms with Crippen molar-refractivity contribution in [3.63, 3.8) is 0 Å². The minimum Gasteiger partial charge on any atom is -0.383 e. The Morgan fingerprint density at radius 2 is 2.07 bits per heavy atom. The van der Waals surface area contributed by atoms with Gasteiger partial charge >= 0.3 is 0 Å². The van der Waals surface area contributed by atoms with E-state index in [0.29, 0.717) is 29.5 Å². The van der Waals surface area contributed by atoms with Gasteiger partial charge in [0.2, 0.25) is 0 Å². The Hall–Kier alpha value is -2.84. The quantitative estimate of drug-likeness (QED) is 0.477. The molecule has 3 aromatic heterocycles. The van der Waals surface area contributed by atoms with Crippen LogP contribution in [0, 0.1) is 6.92 Å². The third kappa shape index (κ3) is 3.61. The van der Waals surface area contributed by atoms with Gasteiger partial charge in [-0.15, -0.1) is 0 Å². The fourth-order valence-electron chi connectivity index (χ4n) is 3.25. The Morgan fingerprint density at radius 1 is 1.28 bits per heavy atom. The van der Waals surface area contributed by atoms with Crippen molar-refractivity contribution in [2.24, 2.45) is 0 Å². The minimum atomic E-state index is -0.134. The normalized spacial score (nSPS) is 11.6. The summed E-state index contributed by atoms with van der Waals surface area (Å²) in [6, 6.07) is 9.95. The highest BCUT2D eigenvalue weighted by Gasteiger charge is 2.24. The zero-order valence-electron chi connectivity index (χ0n) is 16.9. The number of fused-ring (bicyclic) bond motifs is 2. The van der Waals surface area contributed by atoms with E-state index in [1.807, 2.05) is 41.9 Å². The van der Waals surface area contributed by atoms with Gasteiger partial charge in [-0.2, -0.15) is 5.10 Å². The first-order valence-corrected chi connectivity index (χ1v) is 10.3. The van der Waals surface area contributed by atoms with Crippen molar-refractivity contribution in [1.29, 1.82) is 0 Å². The zero-order valence-corrected chi connectivity index (χ0v) is 17.7. The van der Waals surface area contributed by atoms with Crippen molar-refractivity contribution in [2.75, 3.05) is 25.2 Å². The maximum Gasteiger partial charge on any atom is 0.262 e. The first-order valence-electron chi connectivity index (χ1n) is 9.51. The number of aryl methyl sites for hydroxylation is 1. The first-order chi connectivity index (χ1) is 14.0. The molecular formula is C21H23N5O2S. The topological polar surface area (TPSA) is 73.1 Å². The van der Waals surface area contributed by atoms with Gasteiger partial charge in [-0.3, -0.25) is 9.69 Å². The standard InChI is InChI=1S/C21H23N5O2S/c1-13(2)26-19-15(12-22-26)11-16(14(3)23-19)20(27)25(9-10-28-4)21-24-17-7-5-6-8-18(17)29-21/h5-8,11-13H,9-10H2,1-4H3. The van der Waals surface area contributed by atoms with Crippen LogP contribution in [0.15, 0.2) is 36.5 Å². The fourth-order valence-corrected chi connectivity index (χ4v) is 4.24. The SMILES string of the molecule is COCCN(C(=O)c1cc2cnn(C(C)C)c2nc1C)c1nc2ccccc2s1. The molecule has 0 saturated heterocycles. The van der Waals surface area contributed by atoms with E-state index < -0.39 is 0 Å². The Bertz CT molecular complexity index is 1150. The lowest BCUT2D eigenvalue weighted by atomic mass is 10.1. The summed E-state index contributed by atoms with van der Waals surface area (Å²) in [6.45, 7) is 6.81. The van der Waals surface area contributed by atoms with Gasteiger partial charge in [-0.05, 0) is 39.0 Å². The molecule has 0 radical (unpaired) electrons. The highest BCUT2D eigenvalue weighted by molar-refractivity contribution is 7.22. The van der Waals surface area contributed by atoms with Gasteiger partial charge in [0.25, 0.3) is 5.91 Å². The van der Waals surface area contributed by atoms with E-state index in [4.69, 9.17) is 4.74 Å². The summed E-state index contributed by atoms with van der Waals surface area (Å²) in [5, 5.41) is 5.93. The van der Waals surface area contributed by atoms with E-state index in [1.165, 1.54) is 11.3 Å². The number of anilines is 1. The maximum absolute atomic E-state index is 13.5. The van der Waals surface area contributed by atoms with Crippen LogP contribution in [0.3, 0.4) is 0 Å². The number of amides is 1. The smallest absolute Gasteiger partial charge is 0.262 e. The molecule has 0 spiro atoms. The van der Waals surface area contributed by atoms with Gasteiger partial charge < -0.3 is 4.74 Å². The molecule has 1 aromatic carbocycles. The molecule has 150 valence electrons. The summed E-state index contributed by atoms with van der Waals surface area (Å²) in [5.41, 5.74) is 2.90. The molecule has 7 nitrogen and oxygen atoms in total. The van der Waals surface area contributed by atoms with Crippen LogP contribution >= 0.6 is 11.3 Å². The molecule has 4 aromatic rings. The number of benzene rings is 1. The van der Waals surface area contributed by atoms with Gasteiger partial charge in [0, 0.05) is 18.5 Å². The molecule has 3 heterocycles. The number of hydrogen-bond acceptors (Lipinski definition) is 6. The van der Waals surface area contributed by atoms with Gasteiger partial charge in [0.1, 0.15) is 0 Å². The number of hydrogen-bond donors (Lipinski definition) is 0. The van der Waals surface area contributed by atoms with E-state index in [1.54, 1.807) is 18.2 Å². The fraction of sp³-hybridized carbons (Fsp3) is 0.333. The van der Waals surface area contributed by atoms with Crippen LogP contribution < -0.4 is 4.90 Å². The van der Waals surface area contributed by atoms with Gasteiger partial charge in [0.05, 0.1) is 40.8 Å². The van der Waals surface area contributed by atoms with Gasteiger partial charge in [-0.25, -0.2) is 14.6 Å². The molecule has 0 unspecified atom stereocenters. The second-order valence-corrected chi connectivity index (χ2v) is 8.14. The summed E-state index contributed by atoms with van der Waals surface area (Å²) in [6.07, 6.45) is 1.76. The molecule has 0 bridgehead atoms. The number of ether oxygens (including phenoxy) is 1. The lowest BCUT2D eigenvalue weighted by Gasteiger charge is -2.20. The maximum atomic E-state index is 13.5. The van der Waals surface area contributed by atoms with Crippen molar-refractivity contribution in [1.82, 2.24) is 19.7 Å². The van der Waals surface area contributed by atoms with Crippen molar-refractivity contribution in [3.05, 3.63) is 47.8 Å². The minimum absolute atomic E-state index is 0.134. The average Bonchev–Trinajstić information content (AvgIpc) is 3.31. The number of methoxy groups -OCH3 is 1. The van der Waals surface area contributed by atoms with Crippen molar-refractivity contribution in [3.8, 4) is 0 Å². The molecule has 29 heavy (non-hydrogen) atoms.